The van der Waals surface area contributed by atoms with Crippen LogP contribution in [0.4, 0.5) is 0 Å². The monoisotopic (exact) mass is 465 g/mol. The zero-order chi connectivity index (χ0) is 18.2. The largest absolute Gasteiger partial charge is 0.274 e. The number of rotatable bonds is 12. The highest BCUT2D eigenvalue weighted by Crippen LogP contribution is 2.80. The minimum absolute atomic E-state index is 0.0250. The van der Waals surface area contributed by atoms with Crippen molar-refractivity contribution in [3.63, 3.8) is 0 Å². The second-order valence-corrected chi connectivity index (χ2v) is 23.1. The third-order valence-electron chi connectivity index (χ3n) is 3.86. The van der Waals surface area contributed by atoms with Crippen molar-refractivity contribution in [2.75, 3.05) is 12.5 Å². The predicted molar refractivity (Wildman–Crippen MR) is 123 cm³/mol. The van der Waals surface area contributed by atoms with Crippen LogP contribution in [0.15, 0.2) is 0 Å². The molecule has 1 aliphatic rings. The van der Waals surface area contributed by atoms with Crippen LogP contribution in [0.5, 0.6) is 0 Å². The molecular weight excluding hydrogens is 438 g/mol. The Hall–Kier alpha value is 1.67. The average molecular weight is 466 g/mol. The van der Waals surface area contributed by atoms with E-state index in [1.54, 1.807) is 46.7 Å². The van der Waals surface area contributed by atoms with E-state index in [1.165, 1.54) is 25.7 Å². The van der Waals surface area contributed by atoms with Crippen molar-refractivity contribution in [1.82, 2.24) is 4.31 Å². The number of carbonyl (C=O) groups excluding carboxylic acids is 1. The lowest BCUT2D eigenvalue weighted by Crippen LogP contribution is -2.35. The fourth-order valence-electron chi connectivity index (χ4n) is 2.66. The molecule has 1 rings (SSSR count). The van der Waals surface area contributed by atoms with Crippen LogP contribution in [0.2, 0.25) is 0 Å². The molecule has 0 saturated carbocycles. The maximum Gasteiger partial charge on any atom is 0.236 e. The Bertz CT molecular complexity index is 468. The van der Waals surface area contributed by atoms with Gasteiger partial charge >= 0.3 is 0 Å². The van der Waals surface area contributed by atoms with Crippen molar-refractivity contribution in [3.05, 3.63) is 0 Å². The van der Waals surface area contributed by atoms with Gasteiger partial charge in [-0.05, 0) is 46.7 Å². The van der Waals surface area contributed by atoms with E-state index in [-0.39, 0.29) is 16.9 Å². The van der Waals surface area contributed by atoms with E-state index >= 15 is 0 Å². The molecule has 0 aromatic rings. The number of amides is 1. The molecule has 0 aromatic heterocycles. The van der Waals surface area contributed by atoms with Gasteiger partial charge in [0.15, 0.2) is 0 Å². The summed E-state index contributed by atoms with van der Waals surface area (Å²) in [5.74, 6) is 0.0250. The van der Waals surface area contributed by atoms with Gasteiger partial charge in [-0.25, -0.2) is 4.21 Å². The molecule has 142 valence electrons. The third-order valence-corrected chi connectivity index (χ3v) is 27.2. The van der Waals surface area contributed by atoms with E-state index in [4.69, 9.17) is 11.8 Å². The van der Waals surface area contributed by atoms with E-state index in [2.05, 4.69) is 6.92 Å². The third kappa shape index (κ3) is 6.68. The van der Waals surface area contributed by atoms with Crippen LogP contribution in [-0.2, 0) is 27.6 Å². The molecule has 1 saturated heterocycles. The molecule has 1 heterocycles. The molecule has 24 heavy (non-hydrogen) atoms. The highest BCUT2D eigenvalue weighted by molar-refractivity contribution is 9.28. The van der Waals surface area contributed by atoms with Crippen molar-refractivity contribution >= 4 is 75.6 Å². The number of unbranched alkanes of at least 4 members (excludes halogenated alkanes) is 4. The highest BCUT2D eigenvalue weighted by Gasteiger charge is 2.47. The lowest BCUT2D eigenvalue weighted by Gasteiger charge is -2.26. The number of carbonyl (C=O) groups is 1. The van der Waals surface area contributed by atoms with Gasteiger partial charge in [0.05, 0.1) is 10.9 Å². The Morgan fingerprint density at radius 3 is 2.38 bits per heavy atom. The van der Waals surface area contributed by atoms with E-state index in [9.17, 15) is 9.00 Å². The van der Waals surface area contributed by atoms with Gasteiger partial charge in [0.1, 0.15) is 16.0 Å². The summed E-state index contributed by atoms with van der Waals surface area (Å²) in [5.41, 5.74) is 0. The van der Waals surface area contributed by atoms with Crippen LogP contribution >= 0.6 is 46.9 Å². The fourth-order valence-corrected chi connectivity index (χ4v) is 27.5. The predicted octanol–water partition coefficient (Wildman–Crippen LogP) is 6.29. The lowest BCUT2D eigenvalue weighted by atomic mass is 10.1. The minimum Gasteiger partial charge on any atom is -0.274 e. The molecule has 0 aromatic carbocycles. The Labute approximate surface area is 170 Å². The molecule has 1 amide bonds. The topological polar surface area (TPSA) is 37.4 Å². The molecule has 0 aliphatic carbocycles. The molecule has 0 bridgehead atoms. The summed E-state index contributed by atoms with van der Waals surface area (Å²) in [6.07, 6.45) is 11.3. The maximum atomic E-state index is 13.0. The van der Waals surface area contributed by atoms with Gasteiger partial charge in [-0.15, -0.1) is 0 Å². The SMILES string of the molecule is CCCCCCCC(C)N1C(=O)CC(P(=S)(SSC)SSC)S1=O. The van der Waals surface area contributed by atoms with Crippen LogP contribution in [0, 0.1) is 0 Å². The van der Waals surface area contributed by atoms with Crippen molar-refractivity contribution in [2.24, 2.45) is 0 Å². The van der Waals surface area contributed by atoms with E-state index in [1.807, 2.05) is 19.4 Å². The highest BCUT2D eigenvalue weighted by atomic mass is 33.6. The Balaban J connectivity index is 2.69. The first-order valence-electron chi connectivity index (χ1n) is 8.18. The fraction of sp³-hybridized carbons (Fsp3) is 0.929. The summed E-state index contributed by atoms with van der Waals surface area (Å²) in [6.45, 7) is 4.24. The van der Waals surface area contributed by atoms with Crippen LogP contribution in [0.3, 0.4) is 0 Å². The molecular formula is C14H28NO2PS6. The van der Waals surface area contributed by atoms with Crippen molar-refractivity contribution in [1.29, 1.82) is 0 Å². The van der Waals surface area contributed by atoms with Gasteiger partial charge in [-0.1, -0.05) is 72.4 Å². The first kappa shape index (κ1) is 23.7. The molecule has 10 heteroatoms. The van der Waals surface area contributed by atoms with Crippen molar-refractivity contribution in [2.45, 2.75) is 69.8 Å². The van der Waals surface area contributed by atoms with Crippen LogP contribution in [-0.4, -0.2) is 38.0 Å². The molecule has 0 N–H and O–H groups in total. The summed E-state index contributed by atoms with van der Waals surface area (Å²) in [7, 11) is 5.31. The first-order chi connectivity index (χ1) is 11.4. The summed E-state index contributed by atoms with van der Waals surface area (Å²) in [4.78, 5) is 12.3. The lowest BCUT2D eigenvalue weighted by molar-refractivity contribution is -0.126. The Morgan fingerprint density at radius 1 is 1.25 bits per heavy atom. The molecule has 3 unspecified atom stereocenters. The van der Waals surface area contributed by atoms with Gasteiger partial charge in [-0.2, -0.15) is 0 Å². The van der Waals surface area contributed by atoms with Gasteiger partial charge in [0, 0.05) is 6.04 Å². The standard InChI is InChI=1S/C14H28NO2PS6/c1-5-6-7-8-9-10-12(2)15-13(16)11-14(24(15)17)18(19,22-20-3)23-21-4/h12,14H,5-11H2,1-4H3. The van der Waals surface area contributed by atoms with E-state index in [0.29, 0.717) is 6.42 Å². The average Bonchev–Trinajstić information content (AvgIpc) is 2.83. The summed E-state index contributed by atoms with van der Waals surface area (Å²) < 4.78 is 12.7. The van der Waals surface area contributed by atoms with Crippen LogP contribution < -0.4 is 0 Å². The molecule has 1 aliphatic heterocycles. The van der Waals surface area contributed by atoms with Crippen LogP contribution in [0.25, 0.3) is 0 Å². The van der Waals surface area contributed by atoms with Gasteiger partial charge in [0.25, 0.3) is 0 Å². The second kappa shape index (κ2) is 12.2. The number of hydrogen-bond acceptors (Lipinski definition) is 7. The quantitative estimate of drug-likeness (QED) is 0.190. The van der Waals surface area contributed by atoms with E-state index < -0.39 is 15.4 Å². The van der Waals surface area contributed by atoms with Crippen molar-refractivity contribution in [3.8, 4) is 0 Å². The smallest absolute Gasteiger partial charge is 0.236 e. The summed E-state index contributed by atoms with van der Waals surface area (Å²) in [6, 6.07) is 0.0481. The van der Waals surface area contributed by atoms with Gasteiger partial charge in [-0.3, -0.25) is 9.10 Å². The Morgan fingerprint density at radius 2 is 1.83 bits per heavy atom. The van der Waals surface area contributed by atoms with Crippen molar-refractivity contribution < 1.29 is 9.00 Å². The first-order valence-corrected chi connectivity index (χ1v) is 18.5. The maximum absolute atomic E-state index is 13.0. The second-order valence-electron chi connectivity index (χ2n) is 5.73. The van der Waals surface area contributed by atoms with Gasteiger partial charge in [0.2, 0.25) is 5.91 Å². The van der Waals surface area contributed by atoms with Gasteiger partial charge < -0.3 is 0 Å². The Kier molecular flexibility index (Phi) is 12.0. The molecule has 0 radical (unpaired) electrons. The number of nitrogens with zero attached hydrogens (tertiary/aromatic N) is 1. The molecule has 1 fully saturated rings. The van der Waals surface area contributed by atoms with Crippen LogP contribution in [0.1, 0.15) is 58.8 Å². The normalized spacial score (nSPS) is 23.0. The van der Waals surface area contributed by atoms with E-state index in [0.717, 1.165) is 12.8 Å². The zero-order valence-electron chi connectivity index (χ0n) is 14.8. The number of hydrogen-bond donors (Lipinski definition) is 0. The molecule has 3 nitrogen and oxygen atoms in total. The zero-order valence-corrected chi connectivity index (χ0v) is 20.6. The molecule has 3 atom stereocenters. The molecule has 0 spiro atoms. The summed E-state index contributed by atoms with van der Waals surface area (Å²) >= 11 is 5.89. The summed E-state index contributed by atoms with van der Waals surface area (Å²) in [5, 5.41) is 0. The minimum atomic E-state index is -1.95.